The fraction of sp³-hybridized carbons (Fsp3) is 0.259. The van der Waals surface area contributed by atoms with Gasteiger partial charge in [-0.3, -0.25) is 13.9 Å². The molecular weight excluding hydrogens is 569 g/mol. The van der Waals surface area contributed by atoms with Gasteiger partial charge in [-0.2, -0.15) is 0 Å². The highest BCUT2D eigenvalue weighted by Gasteiger charge is 2.33. The van der Waals surface area contributed by atoms with E-state index in [2.05, 4.69) is 5.32 Å². The van der Waals surface area contributed by atoms with Crippen molar-refractivity contribution in [3.8, 4) is 0 Å². The number of nitrogens with zero attached hydrogens (tertiary/aromatic N) is 2. The number of amides is 2. The Morgan fingerprint density at radius 2 is 1.53 bits per heavy atom. The molecule has 0 heterocycles. The van der Waals surface area contributed by atoms with Gasteiger partial charge in [-0.15, -0.1) is 0 Å². The Balaban J connectivity index is 2.07. The fourth-order valence-electron chi connectivity index (χ4n) is 3.95. The number of hydrogen-bond donors (Lipinski definition) is 1. The first-order valence-electron chi connectivity index (χ1n) is 11.8. The Hall–Kier alpha value is -2.78. The molecule has 0 aliphatic rings. The van der Waals surface area contributed by atoms with E-state index in [-0.39, 0.29) is 34.6 Å². The quantitative estimate of drug-likeness (QED) is 0.330. The molecule has 3 aromatic carbocycles. The van der Waals surface area contributed by atoms with Gasteiger partial charge in [0.25, 0.3) is 0 Å². The van der Waals surface area contributed by atoms with Crippen molar-refractivity contribution in [2.45, 2.75) is 25.9 Å². The van der Waals surface area contributed by atoms with E-state index < -0.39 is 28.5 Å². The molecule has 1 atom stereocenters. The van der Waals surface area contributed by atoms with Crippen LogP contribution in [0.2, 0.25) is 15.1 Å². The van der Waals surface area contributed by atoms with E-state index in [1.54, 1.807) is 31.2 Å². The van der Waals surface area contributed by atoms with Crippen LogP contribution < -0.4 is 9.62 Å². The minimum atomic E-state index is -3.93. The van der Waals surface area contributed by atoms with Crippen molar-refractivity contribution in [1.82, 2.24) is 10.2 Å². The number of carbonyl (C=O) groups is 2. The number of anilines is 1. The first kappa shape index (κ1) is 29.8. The van der Waals surface area contributed by atoms with Crippen molar-refractivity contribution in [1.29, 1.82) is 0 Å². The molecule has 0 spiro atoms. The molecule has 0 radical (unpaired) electrons. The molecule has 0 aliphatic carbocycles. The molecule has 0 bridgehead atoms. The van der Waals surface area contributed by atoms with E-state index in [0.717, 1.165) is 16.1 Å². The lowest BCUT2D eigenvalue weighted by molar-refractivity contribution is -0.140. The zero-order valence-electron chi connectivity index (χ0n) is 20.9. The summed E-state index contributed by atoms with van der Waals surface area (Å²) in [5.41, 5.74) is 1.58. The summed E-state index contributed by atoms with van der Waals surface area (Å²) < 4.78 is 26.5. The SMILES string of the molecule is CCNC(=O)[C@H](Cc1ccccc1)N(Cc1ccccc1Cl)C(=O)CN(c1cc(Cl)cc(Cl)c1)S(C)(=O)=O. The Bertz CT molecular complexity index is 1370. The maximum absolute atomic E-state index is 13.9. The maximum atomic E-state index is 13.9. The van der Waals surface area contributed by atoms with Gasteiger partial charge >= 0.3 is 0 Å². The predicted molar refractivity (Wildman–Crippen MR) is 153 cm³/mol. The molecule has 0 aliphatic heterocycles. The molecule has 202 valence electrons. The molecule has 0 fully saturated rings. The first-order chi connectivity index (χ1) is 18.0. The van der Waals surface area contributed by atoms with Crippen molar-refractivity contribution in [2.75, 3.05) is 23.7 Å². The Kier molecular flexibility index (Phi) is 10.4. The summed E-state index contributed by atoms with van der Waals surface area (Å²) in [5.74, 6) is -0.966. The van der Waals surface area contributed by atoms with Crippen LogP contribution in [0.5, 0.6) is 0 Å². The van der Waals surface area contributed by atoms with Crippen molar-refractivity contribution < 1.29 is 18.0 Å². The smallest absolute Gasteiger partial charge is 0.244 e. The predicted octanol–water partition coefficient (Wildman–Crippen LogP) is 5.19. The van der Waals surface area contributed by atoms with Crippen LogP contribution in [0.1, 0.15) is 18.1 Å². The van der Waals surface area contributed by atoms with E-state index in [1.165, 1.54) is 23.1 Å². The normalized spacial score (nSPS) is 12.0. The third-order valence-corrected chi connectivity index (χ3v) is 7.68. The third kappa shape index (κ3) is 8.11. The molecule has 7 nitrogen and oxygen atoms in total. The molecule has 38 heavy (non-hydrogen) atoms. The van der Waals surface area contributed by atoms with Crippen LogP contribution in [0.25, 0.3) is 0 Å². The highest BCUT2D eigenvalue weighted by molar-refractivity contribution is 7.92. The van der Waals surface area contributed by atoms with Gasteiger partial charge in [0.05, 0.1) is 11.9 Å². The molecule has 11 heteroatoms. The number of likely N-dealkylation sites (N-methyl/N-ethyl adjacent to an activating group) is 1. The summed E-state index contributed by atoms with van der Waals surface area (Å²) in [4.78, 5) is 28.6. The summed E-state index contributed by atoms with van der Waals surface area (Å²) in [7, 11) is -3.93. The van der Waals surface area contributed by atoms with Crippen LogP contribution in [-0.2, 0) is 32.6 Å². The summed E-state index contributed by atoms with van der Waals surface area (Å²) >= 11 is 18.6. The van der Waals surface area contributed by atoms with Crippen molar-refractivity contribution >= 4 is 62.3 Å². The Labute approximate surface area is 238 Å². The number of nitrogens with one attached hydrogen (secondary N) is 1. The standard InChI is InChI=1S/C27H28Cl3N3O4S/c1-3-31-27(35)25(13-19-9-5-4-6-10-19)32(17-20-11-7-8-12-24(20)30)26(34)18-33(38(2,36)37)23-15-21(28)14-22(29)16-23/h4-12,14-16,25H,3,13,17-18H2,1-2H3,(H,31,35)/t25-/m0/s1. The van der Waals surface area contributed by atoms with Gasteiger partial charge in [0, 0.05) is 34.6 Å². The molecule has 0 saturated carbocycles. The van der Waals surface area contributed by atoms with Crippen LogP contribution in [0.3, 0.4) is 0 Å². The number of benzene rings is 3. The zero-order chi connectivity index (χ0) is 27.9. The number of halogens is 3. The highest BCUT2D eigenvalue weighted by Crippen LogP contribution is 2.28. The molecule has 0 aromatic heterocycles. The number of hydrogen-bond acceptors (Lipinski definition) is 4. The molecular formula is C27H28Cl3N3O4S. The lowest BCUT2D eigenvalue weighted by atomic mass is 10.0. The van der Waals surface area contributed by atoms with Gasteiger partial charge < -0.3 is 10.2 Å². The van der Waals surface area contributed by atoms with E-state index in [4.69, 9.17) is 34.8 Å². The average molecular weight is 597 g/mol. The lowest BCUT2D eigenvalue weighted by Gasteiger charge is -2.33. The second-order valence-corrected chi connectivity index (χ2v) is 11.8. The number of rotatable bonds is 11. The van der Waals surface area contributed by atoms with Gasteiger partial charge in [-0.25, -0.2) is 8.42 Å². The van der Waals surface area contributed by atoms with E-state index in [0.29, 0.717) is 17.1 Å². The average Bonchev–Trinajstić information content (AvgIpc) is 2.85. The summed E-state index contributed by atoms with van der Waals surface area (Å²) in [6.45, 7) is 1.55. The molecule has 0 saturated heterocycles. The molecule has 1 N–H and O–H groups in total. The van der Waals surface area contributed by atoms with Crippen molar-refractivity contribution in [3.05, 3.63) is 99.0 Å². The zero-order valence-corrected chi connectivity index (χ0v) is 24.0. The van der Waals surface area contributed by atoms with E-state index >= 15 is 0 Å². The molecule has 2 amide bonds. The lowest BCUT2D eigenvalue weighted by Crippen LogP contribution is -2.53. The topological polar surface area (TPSA) is 86.8 Å². The van der Waals surface area contributed by atoms with Gasteiger partial charge in [0.15, 0.2) is 0 Å². The first-order valence-corrected chi connectivity index (χ1v) is 14.8. The number of sulfonamides is 1. The van der Waals surface area contributed by atoms with Crippen LogP contribution in [0.15, 0.2) is 72.8 Å². The van der Waals surface area contributed by atoms with Crippen LogP contribution >= 0.6 is 34.8 Å². The third-order valence-electron chi connectivity index (χ3n) is 5.74. The largest absolute Gasteiger partial charge is 0.355 e. The molecule has 3 rings (SSSR count). The molecule has 3 aromatic rings. The number of carbonyl (C=O) groups excluding carboxylic acids is 2. The van der Waals surface area contributed by atoms with Gasteiger partial charge in [-0.05, 0) is 42.3 Å². The minimum Gasteiger partial charge on any atom is -0.355 e. The van der Waals surface area contributed by atoms with E-state index in [1.807, 2.05) is 30.3 Å². The highest BCUT2D eigenvalue weighted by atomic mass is 35.5. The minimum absolute atomic E-state index is 0.0129. The second kappa shape index (κ2) is 13.3. The second-order valence-electron chi connectivity index (χ2n) is 8.61. The summed E-state index contributed by atoms with van der Waals surface area (Å²) in [6, 6.07) is 19.6. The maximum Gasteiger partial charge on any atom is 0.244 e. The van der Waals surface area contributed by atoms with Gasteiger partial charge in [0.1, 0.15) is 12.6 Å². The van der Waals surface area contributed by atoms with Crippen molar-refractivity contribution in [2.24, 2.45) is 0 Å². The van der Waals surface area contributed by atoms with E-state index in [9.17, 15) is 18.0 Å². The van der Waals surface area contributed by atoms with Crippen LogP contribution in [0.4, 0.5) is 5.69 Å². The summed E-state index contributed by atoms with van der Waals surface area (Å²) in [5, 5.41) is 3.64. The fourth-order valence-corrected chi connectivity index (χ4v) is 5.50. The Morgan fingerprint density at radius 1 is 0.921 bits per heavy atom. The Morgan fingerprint density at radius 3 is 2.11 bits per heavy atom. The molecule has 0 unspecified atom stereocenters. The van der Waals surface area contributed by atoms with Crippen LogP contribution in [0, 0.1) is 0 Å². The van der Waals surface area contributed by atoms with Gasteiger partial charge in [-0.1, -0.05) is 83.3 Å². The van der Waals surface area contributed by atoms with Gasteiger partial charge in [0.2, 0.25) is 21.8 Å². The summed E-state index contributed by atoms with van der Waals surface area (Å²) in [6.07, 6.45) is 1.20. The monoisotopic (exact) mass is 595 g/mol. The van der Waals surface area contributed by atoms with Crippen LogP contribution in [-0.4, -0.2) is 50.5 Å². The van der Waals surface area contributed by atoms with Crippen molar-refractivity contribution in [3.63, 3.8) is 0 Å².